The number of hydrogen-bond donors (Lipinski definition) is 1. The van der Waals surface area contributed by atoms with E-state index >= 15 is 0 Å². The first-order valence-corrected chi connectivity index (χ1v) is 11.0. The van der Waals surface area contributed by atoms with Crippen LogP contribution in [0.5, 0.6) is 11.5 Å². The third-order valence-corrected chi connectivity index (χ3v) is 5.78. The quantitative estimate of drug-likeness (QED) is 0.461. The molecule has 2 aromatic carbocycles. The Morgan fingerprint density at radius 2 is 2.00 bits per heavy atom. The third kappa shape index (κ3) is 5.11. The molecule has 1 aliphatic heterocycles. The van der Waals surface area contributed by atoms with Gasteiger partial charge in [0.25, 0.3) is 0 Å². The molecule has 168 valence electrons. The van der Waals surface area contributed by atoms with Crippen LogP contribution >= 0.6 is 0 Å². The maximum atomic E-state index is 13.1. The Morgan fingerprint density at radius 3 is 2.88 bits per heavy atom. The molecule has 5 rings (SSSR count). The van der Waals surface area contributed by atoms with Crippen molar-refractivity contribution in [2.45, 2.75) is 19.3 Å². The van der Waals surface area contributed by atoms with Gasteiger partial charge in [-0.25, -0.2) is 14.2 Å². The van der Waals surface area contributed by atoms with Crippen LogP contribution in [0.4, 0.5) is 15.0 Å². The average molecular weight is 445 g/mol. The van der Waals surface area contributed by atoms with Crippen molar-refractivity contribution >= 4 is 17.6 Å². The highest BCUT2D eigenvalue weighted by Gasteiger charge is 2.24. The van der Waals surface area contributed by atoms with Gasteiger partial charge in [-0.05, 0) is 73.2 Å². The molecule has 0 radical (unpaired) electrons. The third-order valence-electron chi connectivity index (χ3n) is 5.78. The Hall–Kier alpha value is -3.94. The van der Waals surface area contributed by atoms with Gasteiger partial charge in [-0.3, -0.25) is 9.72 Å². The minimum atomic E-state index is -0.292. The lowest BCUT2D eigenvalue weighted by atomic mass is 9.91. The molecule has 1 saturated heterocycles. The van der Waals surface area contributed by atoms with E-state index in [0.717, 1.165) is 31.4 Å². The topological polar surface area (TPSA) is 71.8 Å². The van der Waals surface area contributed by atoms with Crippen molar-refractivity contribution in [2.75, 3.05) is 18.4 Å². The normalized spacial score (nSPS) is 16.0. The van der Waals surface area contributed by atoms with Gasteiger partial charge in [-0.2, -0.15) is 4.98 Å². The van der Waals surface area contributed by atoms with Crippen molar-refractivity contribution in [2.24, 2.45) is 5.92 Å². The number of rotatable bonds is 5. The van der Waals surface area contributed by atoms with E-state index in [2.05, 4.69) is 21.4 Å². The monoisotopic (exact) mass is 445 g/mol. The second kappa shape index (κ2) is 9.28. The second-order valence-electron chi connectivity index (χ2n) is 8.24. The Morgan fingerprint density at radius 1 is 1.12 bits per heavy atom. The molecule has 1 fully saturated rings. The number of halogens is 1. The summed E-state index contributed by atoms with van der Waals surface area (Å²) in [6.07, 6.45) is 8.17. The van der Waals surface area contributed by atoms with Crippen LogP contribution in [-0.4, -0.2) is 38.4 Å². The zero-order valence-corrected chi connectivity index (χ0v) is 18.0. The van der Waals surface area contributed by atoms with Gasteiger partial charge < -0.3 is 9.64 Å². The molecule has 2 amide bonds. The predicted molar refractivity (Wildman–Crippen MR) is 123 cm³/mol. The number of aromatic nitrogens is 3. The van der Waals surface area contributed by atoms with E-state index < -0.39 is 0 Å². The van der Waals surface area contributed by atoms with Gasteiger partial charge in [0.2, 0.25) is 5.78 Å². The van der Waals surface area contributed by atoms with Crippen LogP contribution < -0.4 is 10.1 Å². The van der Waals surface area contributed by atoms with Crippen LogP contribution in [0.2, 0.25) is 0 Å². The molecule has 1 aliphatic rings. The van der Waals surface area contributed by atoms with E-state index in [1.165, 1.54) is 12.1 Å². The van der Waals surface area contributed by atoms with Crippen LogP contribution in [0.15, 0.2) is 73.2 Å². The number of nitrogens with one attached hydrogen (secondary N) is 1. The number of benzene rings is 2. The highest BCUT2D eigenvalue weighted by molar-refractivity contribution is 5.88. The number of hydrogen-bond acceptors (Lipinski definition) is 4. The van der Waals surface area contributed by atoms with E-state index in [1.54, 1.807) is 28.8 Å². The number of nitrogens with zero attached hydrogens (tertiary/aromatic N) is 4. The zero-order chi connectivity index (χ0) is 22.6. The van der Waals surface area contributed by atoms with Crippen LogP contribution in [0.25, 0.3) is 5.78 Å². The summed E-state index contributed by atoms with van der Waals surface area (Å²) in [6, 6.07) is 15.5. The van der Waals surface area contributed by atoms with E-state index in [0.29, 0.717) is 35.6 Å². The summed E-state index contributed by atoms with van der Waals surface area (Å²) >= 11 is 0. The van der Waals surface area contributed by atoms with E-state index in [1.807, 2.05) is 35.5 Å². The van der Waals surface area contributed by atoms with Crippen LogP contribution in [0.3, 0.4) is 0 Å². The smallest absolute Gasteiger partial charge is 0.323 e. The summed E-state index contributed by atoms with van der Waals surface area (Å²) in [5.74, 6) is 2.41. The Balaban J connectivity index is 1.20. The van der Waals surface area contributed by atoms with Gasteiger partial charge >= 0.3 is 6.03 Å². The minimum Gasteiger partial charge on any atom is -0.457 e. The minimum absolute atomic E-state index is 0.142. The summed E-state index contributed by atoms with van der Waals surface area (Å²) in [5.41, 5.74) is 1.15. The maximum Gasteiger partial charge on any atom is 0.323 e. The molecule has 0 spiro atoms. The summed E-state index contributed by atoms with van der Waals surface area (Å²) < 4.78 is 20.8. The number of imidazole rings is 1. The van der Waals surface area contributed by atoms with Crippen LogP contribution in [-0.2, 0) is 6.42 Å². The standard InChI is InChI=1S/C25H24FN5O2/c26-20-6-8-21(9-7-20)33-22-5-1-3-18(16-22)15-19-4-2-12-31(17-19)25(32)29-23-10-13-30-14-11-27-24(30)28-23/h1,3,5-11,13-14,16,19H,2,4,12,15,17H2,(H,27,28,29,32). The van der Waals surface area contributed by atoms with E-state index in [9.17, 15) is 9.18 Å². The molecule has 33 heavy (non-hydrogen) atoms. The van der Waals surface area contributed by atoms with Crippen molar-refractivity contribution < 1.29 is 13.9 Å². The average Bonchev–Trinajstić information content (AvgIpc) is 3.29. The fraction of sp³-hybridized carbons (Fsp3) is 0.240. The first kappa shape index (κ1) is 20.9. The predicted octanol–water partition coefficient (Wildman–Crippen LogP) is 5.15. The number of piperidine rings is 1. The van der Waals surface area contributed by atoms with Gasteiger partial charge in [-0.1, -0.05) is 12.1 Å². The van der Waals surface area contributed by atoms with Gasteiger partial charge in [0.1, 0.15) is 23.1 Å². The lowest BCUT2D eigenvalue weighted by Crippen LogP contribution is -2.43. The van der Waals surface area contributed by atoms with Crippen molar-refractivity contribution in [1.82, 2.24) is 19.3 Å². The second-order valence-corrected chi connectivity index (χ2v) is 8.24. The Bertz CT molecular complexity index is 1260. The molecular formula is C25H24FN5O2. The van der Waals surface area contributed by atoms with Crippen molar-refractivity contribution in [3.63, 3.8) is 0 Å². The number of urea groups is 1. The number of fused-ring (bicyclic) bond motifs is 1. The van der Waals surface area contributed by atoms with Crippen LogP contribution in [0.1, 0.15) is 18.4 Å². The molecule has 1 unspecified atom stereocenters. The Labute approximate surface area is 190 Å². The van der Waals surface area contributed by atoms with Gasteiger partial charge in [0.05, 0.1) is 0 Å². The number of likely N-dealkylation sites (tertiary alicyclic amines) is 1. The molecule has 2 aromatic heterocycles. The molecule has 4 aromatic rings. The number of carbonyl (C=O) groups is 1. The first-order chi connectivity index (χ1) is 16.1. The van der Waals surface area contributed by atoms with Gasteiger partial charge in [0, 0.05) is 31.7 Å². The summed E-state index contributed by atoms with van der Waals surface area (Å²) in [5, 5.41) is 2.89. The number of anilines is 1. The zero-order valence-electron chi connectivity index (χ0n) is 18.0. The highest BCUT2D eigenvalue weighted by atomic mass is 19.1. The summed E-state index contributed by atoms with van der Waals surface area (Å²) in [7, 11) is 0. The molecule has 3 heterocycles. The summed E-state index contributed by atoms with van der Waals surface area (Å²) in [6.45, 7) is 1.40. The number of carbonyl (C=O) groups excluding carboxylic acids is 1. The lowest BCUT2D eigenvalue weighted by molar-refractivity contribution is 0.177. The summed E-state index contributed by atoms with van der Waals surface area (Å²) in [4.78, 5) is 23.2. The SMILES string of the molecule is O=C(Nc1ccn2ccnc2n1)N1CCCC(Cc2cccc(Oc3ccc(F)cc3)c2)C1. The van der Waals surface area contributed by atoms with Gasteiger partial charge in [0.15, 0.2) is 0 Å². The largest absolute Gasteiger partial charge is 0.457 e. The molecule has 8 heteroatoms. The molecule has 0 aliphatic carbocycles. The molecule has 1 N–H and O–H groups in total. The first-order valence-electron chi connectivity index (χ1n) is 11.0. The number of ether oxygens (including phenoxy) is 1. The molecule has 7 nitrogen and oxygen atoms in total. The highest BCUT2D eigenvalue weighted by Crippen LogP contribution is 2.26. The van der Waals surface area contributed by atoms with Crippen molar-refractivity contribution in [3.05, 3.63) is 84.6 Å². The van der Waals surface area contributed by atoms with Crippen LogP contribution in [0, 0.1) is 11.7 Å². The molecule has 1 atom stereocenters. The fourth-order valence-electron chi connectivity index (χ4n) is 4.19. The van der Waals surface area contributed by atoms with E-state index in [4.69, 9.17) is 4.74 Å². The molecule has 0 bridgehead atoms. The Kier molecular flexibility index (Phi) is 5.89. The van der Waals surface area contributed by atoms with E-state index in [-0.39, 0.29) is 11.8 Å². The van der Waals surface area contributed by atoms with Crippen molar-refractivity contribution in [1.29, 1.82) is 0 Å². The van der Waals surface area contributed by atoms with Crippen molar-refractivity contribution in [3.8, 4) is 11.5 Å². The maximum absolute atomic E-state index is 13.1. The molecular weight excluding hydrogens is 421 g/mol. The molecule has 0 saturated carbocycles. The number of amides is 2. The lowest BCUT2D eigenvalue weighted by Gasteiger charge is -2.32. The fourth-order valence-corrected chi connectivity index (χ4v) is 4.19. The van der Waals surface area contributed by atoms with Gasteiger partial charge in [-0.15, -0.1) is 0 Å².